The van der Waals surface area contributed by atoms with Gasteiger partial charge in [0.25, 0.3) is 0 Å². The van der Waals surface area contributed by atoms with Gasteiger partial charge in [0.05, 0.1) is 4.90 Å². The van der Waals surface area contributed by atoms with Gasteiger partial charge in [-0.2, -0.15) is 13.2 Å². The highest BCUT2D eigenvalue weighted by atomic mass is 32.2. The number of hydrogen-bond donors (Lipinski definition) is 1. The molecule has 0 saturated carbocycles. The summed E-state index contributed by atoms with van der Waals surface area (Å²) in [7, 11) is -3.54. The van der Waals surface area contributed by atoms with Gasteiger partial charge in [0.1, 0.15) is 11.6 Å². The first kappa shape index (κ1) is 18.1. The summed E-state index contributed by atoms with van der Waals surface area (Å²) in [6.45, 7) is 0. The number of halogens is 4. The predicted octanol–water partition coefficient (Wildman–Crippen LogP) is 4.31. The molecule has 0 aliphatic rings. The van der Waals surface area contributed by atoms with Gasteiger partial charge in [0.2, 0.25) is 0 Å². The first-order valence-corrected chi connectivity index (χ1v) is 9.18. The van der Waals surface area contributed by atoms with E-state index in [2.05, 4.69) is 9.97 Å². The van der Waals surface area contributed by atoms with Gasteiger partial charge in [-0.25, -0.2) is 17.8 Å². The normalized spacial score (nSPS) is 12.3. The average molecular weight is 384 g/mol. The van der Waals surface area contributed by atoms with E-state index >= 15 is 0 Å². The lowest BCUT2D eigenvalue weighted by Gasteiger charge is -2.10. The van der Waals surface area contributed by atoms with Gasteiger partial charge >= 0.3 is 6.18 Å². The minimum atomic E-state index is -4.61. The van der Waals surface area contributed by atoms with Crippen LogP contribution in [0, 0.1) is 5.82 Å². The summed E-state index contributed by atoms with van der Waals surface area (Å²) in [6, 6.07) is 9.15. The van der Waals surface area contributed by atoms with Crippen molar-refractivity contribution < 1.29 is 26.0 Å². The van der Waals surface area contributed by atoms with Gasteiger partial charge in [-0.1, -0.05) is 12.1 Å². The summed E-state index contributed by atoms with van der Waals surface area (Å²) in [5, 5.41) is 0. The Morgan fingerprint density at radius 3 is 2.19 bits per heavy atom. The Labute approximate surface area is 146 Å². The summed E-state index contributed by atoms with van der Waals surface area (Å²) in [5.41, 5.74) is -0.0721. The van der Waals surface area contributed by atoms with Crippen LogP contribution in [-0.2, 0) is 16.0 Å². The van der Waals surface area contributed by atoms with Gasteiger partial charge in [-0.05, 0) is 41.5 Å². The molecule has 0 saturated heterocycles. The zero-order valence-corrected chi connectivity index (χ0v) is 14.1. The fraction of sp³-hybridized carbons (Fsp3) is 0.118. The minimum Gasteiger partial charge on any atom is -0.344 e. The summed E-state index contributed by atoms with van der Waals surface area (Å²) in [5.74, 6) is -0.566. The van der Waals surface area contributed by atoms with Crippen molar-refractivity contribution in [3.8, 4) is 22.5 Å². The molecule has 1 N–H and O–H groups in total. The van der Waals surface area contributed by atoms with Crippen LogP contribution in [0.1, 0.15) is 5.69 Å². The molecule has 26 heavy (non-hydrogen) atoms. The number of sulfone groups is 1. The topological polar surface area (TPSA) is 62.8 Å². The summed E-state index contributed by atoms with van der Waals surface area (Å²) in [4.78, 5) is 5.99. The molecule has 1 heterocycles. The number of imidazole rings is 1. The molecule has 0 bridgehead atoms. The van der Waals surface area contributed by atoms with Crippen molar-refractivity contribution in [3.63, 3.8) is 0 Å². The van der Waals surface area contributed by atoms with E-state index in [1.807, 2.05) is 0 Å². The highest BCUT2D eigenvalue weighted by Crippen LogP contribution is 2.35. The molecular formula is C17H12F4N2O2S. The second-order valence-corrected chi connectivity index (χ2v) is 7.63. The number of H-pyrrole nitrogens is 1. The quantitative estimate of drug-likeness (QED) is 0.685. The van der Waals surface area contributed by atoms with Crippen LogP contribution in [0.3, 0.4) is 0 Å². The molecule has 2 aromatic carbocycles. The van der Waals surface area contributed by atoms with Crippen molar-refractivity contribution >= 4 is 9.84 Å². The maximum Gasteiger partial charge on any atom is 0.434 e. The van der Waals surface area contributed by atoms with Crippen molar-refractivity contribution in [1.82, 2.24) is 9.97 Å². The van der Waals surface area contributed by atoms with E-state index in [0.29, 0.717) is 11.1 Å². The highest BCUT2D eigenvalue weighted by Gasteiger charge is 2.34. The summed E-state index contributed by atoms with van der Waals surface area (Å²) in [6.07, 6.45) is -2.86. The third-order valence-corrected chi connectivity index (χ3v) is 4.81. The number of benzene rings is 2. The summed E-state index contributed by atoms with van der Waals surface area (Å²) < 4.78 is 75.2. The lowest BCUT2D eigenvalue weighted by atomic mass is 9.99. The van der Waals surface area contributed by atoms with Crippen molar-refractivity contribution in [2.75, 3.05) is 6.26 Å². The van der Waals surface area contributed by atoms with Crippen molar-refractivity contribution in [2.45, 2.75) is 11.1 Å². The number of nitrogens with one attached hydrogen (secondary N) is 1. The van der Waals surface area contributed by atoms with Crippen LogP contribution in [0.25, 0.3) is 22.5 Å². The third kappa shape index (κ3) is 3.62. The van der Waals surface area contributed by atoms with E-state index in [1.165, 1.54) is 42.5 Å². The molecule has 0 unspecified atom stereocenters. The molecule has 0 atom stereocenters. The van der Waals surface area contributed by atoms with Gasteiger partial charge in [0, 0.05) is 18.0 Å². The standard InChI is InChI=1S/C17H12F4N2O2S/c1-26(24,25)12-6-7-13(16-22-9-15(23-16)17(19,20)21)14(8-12)10-2-4-11(18)5-3-10/h2-9H,1H3,(H,22,23). The first-order valence-electron chi connectivity index (χ1n) is 7.29. The highest BCUT2D eigenvalue weighted by molar-refractivity contribution is 7.90. The fourth-order valence-corrected chi connectivity index (χ4v) is 3.08. The molecule has 4 nitrogen and oxygen atoms in total. The molecule has 0 aliphatic carbocycles. The largest absolute Gasteiger partial charge is 0.434 e. The Balaban J connectivity index is 2.21. The second kappa shape index (κ2) is 6.24. The number of aromatic nitrogens is 2. The number of hydrogen-bond acceptors (Lipinski definition) is 3. The monoisotopic (exact) mass is 384 g/mol. The molecule has 0 radical (unpaired) electrons. The first-order chi connectivity index (χ1) is 12.1. The smallest absolute Gasteiger partial charge is 0.344 e. The second-order valence-electron chi connectivity index (χ2n) is 5.62. The number of aromatic amines is 1. The third-order valence-electron chi connectivity index (χ3n) is 3.70. The molecule has 9 heteroatoms. The summed E-state index contributed by atoms with van der Waals surface area (Å²) >= 11 is 0. The zero-order chi connectivity index (χ0) is 19.1. The average Bonchev–Trinajstić information content (AvgIpc) is 3.04. The molecule has 3 aromatic rings. The minimum absolute atomic E-state index is 0.0109. The number of rotatable bonds is 3. The van der Waals surface area contributed by atoms with E-state index in [9.17, 15) is 26.0 Å². The van der Waals surface area contributed by atoms with Crippen LogP contribution in [0.4, 0.5) is 17.6 Å². The molecule has 0 amide bonds. The van der Waals surface area contributed by atoms with Gasteiger partial charge < -0.3 is 4.98 Å². The van der Waals surface area contributed by atoms with Crippen LogP contribution < -0.4 is 0 Å². The van der Waals surface area contributed by atoms with E-state index in [-0.39, 0.29) is 16.3 Å². The van der Waals surface area contributed by atoms with Crippen LogP contribution in [0.2, 0.25) is 0 Å². The van der Waals surface area contributed by atoms with Crippen molar-refractivity contribution in [3.05, 3.63) is 60.2 Å². The van der Waals surface area contributed by atoms with Crippen LogP contribution in [0.5, 0.6) is 0 Å². The molecule has 0 spiro atoms. The Kier molecular flexibility index (Phi) is 4.35. The molecule has 1 aromatic heterocycles. The van der Waals surface area contributed by atoms with E-state index < -0.39 is 27.5 Å². The van der Waals surface area contributed by atoms with E-state index in [1.54, 1.807) is 0 Å². The molecular weight excluding hydrogens is 372 g/mol. The van der Waals surface area contributed by atoms with Crippen LogP contribution in [-0.4, -0.2) is 24.6 Å². The Morgan fingerprint density at radius 1 is 1.00 bits per heavy atom. The maximum atomic E-state index is 13.2. The fourth-order valence-electron chi connectivity index (χ4n) is 2.43. The lowest BCUT2D eigenvalue weighted by Crippen LogP contribution is -2.05. The van der Waals surface area contributed by atoms with Gasteiger partial charge in [-0.15, -0.1) is 0 Å². The van der Waals surface area contributed by atoms with Gasteiger partial charge in [-0.3, -0.25) is 0 Å². The van der Waals surface area contributed by atoms with Crippen molar-refractivity contribution in [1.29, 1.82) is 0 Å². The van der Waals surface area contributed by atoms with Gasteiger partial charge in [0.15, 0.2) is 15.5 Å². The Hall–Kier alpha value is -2.68. The number of alkyl halides is 3. The SMILES string of the molecule is CS(=O)(=O)c1ccc(-c2nc(C(F)(F)F)c[nH]2)c(-c2ccc(F)cc2)c1. The van der Waals surface area contributed by atoms with E-state index in [4.69, 9.17) is 0 Å². The Bertz CT molecular complexity index is 1060. The zero-order valence-electron chi connectivity index (χ0n) is 13.3. The maximum absolute atomic E-state index is 13.2. The van der Waals surface area contributed by atoms with Crippen molar-refractivity contribution in [2.24, 2.45) is 0 Å². The predicted molar refractivity (Wildman–Crippen MR) is 87.5 cm³/mol. The number of nitrogens with zero attached hydrogens (tertiary/aromatic N) is 1. The molecule has 136 valence electrons. The lowest BCUT2D eigenvalue weighted by molar-refractivity contribution is -0.140. The van der Waals surface area contributed by atoms with E-state index in [0.717, 1.165) is 12.5 Å². The molecule has 0 aliphatic heterocycles. The van der Waals surface area contributed by atoms with Crippen LogP contribution >= 0.6 is 0 Å². The Morgan fingerprint density at radius 2 is 1.65 bits per heavy atom. The molecule has 3 rings (SSSR count). The van der Waals surface area contributed by atoms with Crippen LogP contribution in [0.15, 0.2) is 53.6 Å². The molecule has 0 fully saturated rings.